The second kappa shape index (κ2) is 8.14. The molecule has 5 nitrogen and oxygen atoms in total. The fourth-order valence-corrected chi connectivity index (χ4v) is 3.12. The summed E-state index contributed by atoms with van der Waals surface area (Å²) < 4.78 is 4.64. The molecule has 0 spiro atoms. The van der Waals surface area contributed by atoms with Gasteiger partial charge in [0.05, 0.1) is 13.5 Å². The highest BCUT2D eigenvalue weighted by molar-refractivity contribution is 7.09. The summed E-state index contributed by atoms with van der Waals surface area (Å²) in [5.74, 6) is 0.0560. The largest absolute Gasteiger partial charge is 0.469 e. The standard InChI is InChI=1S/C15H22N2O3S/c1-20-15(19)6-7-16-8-10-17(11-9-16)14(18)5-4-13-3-2-12-21-13/h2-3,12H,4-11H2,1H3. The van der Waals surface area contributed by atoms with Crippen LogP contribution < -0.4 is 0 Å². The Labute approximate surface area is 129 Å². The molecule has 0 saturated carbocycles. The van der Waals surface area contributed by atoms with Gasteiger partial charge in [-0.25, -0.2) is 0 Å². The van der Waals surface area contributed by atoms with Gasteiger partial charge in [0.15, 0.2) is 0 Å². The van der Waals surface area contributed by atoms with Crippen LogP contribution in [0.25, 0.3) is 0 Å². The van der Waals surface area contributed by atoms with E-state index in [0.29, 0.717) is 19.4 Å². The molecule has 1 aliphatic heterocycles. The van der Waals surface area contributed by atoms with Crippen LogP contribution in [0.15, 0.2) is 17.5 Å². The molecule has 1 aromatic rings. The third kappa shape index (κ3) is 5.13. The van der Waals surface area contributed by atoms with Gasteiger partial charge in [-0.05, 0) is 17.9 Å². The van der Waals surface area contributed by atoms with Crippen LogP contribution in [0.3, 0.4) is 0 Å². The topological polar surface area (TPSA) is 49.9 Å². The molecular weight excluding hydrogens is 288 g/mol. The van der Waals surface area contributed by atoms with Crippen molar-refractivity contribution in [3.63, 3.8) is 0 Å². The number of methoxy groups -OCH3 is 1. The Morgan fingerprint density at radius 1 is 1.24 bits per heavy atom. The first-order chi connectivity index (χ1) is 10.2. The van der Waals surface area contributed by atoms with Crippen molar-refractivity contribution in [2.75, 3.05) is 39.8 Å². The first kappa shape index (κ1) is 16.0. The lowest BCUT2D eigenvalue weighted by Gasteiger charge is -2.34. The molecule has 1 aromatic heterocycles. The quantitative estimate of drug-likeness (QED) is 0.745. The zero-order valence-corrected chi connectivity index (χ0v) is 13.2. The van der Waals surface area contributed by atoms with E-state index < -0.39 is 0 Å². The second-order valence-electron chi connectivity index (χ2n) is 5.13. The molecule has 116 valence electrons. The van der Waals surface area contributed by atoms with Crippen LogP contribution in [-0.2, 0) is 20.7 Å². The lowest BCUT2D eigenvalue weighted by atomic mass is 10.2. The van der Waals surface area contributed by atoms with Gasteiger partial charge in [0.25, 0.3) is 0 Å². The number of ether oxygens (including phenoxy) is 1. The van der Waals surface area contributed by atoms with Crippen molar-refractivity contribution in [3.8, 4) is 0 Å². The van der Waals surface area contributed by atoms with Crippen LogP contribution in [0.5, 0.6) is 0 Å². The van der Waals surface area contributed by atoms with E-state index in [-0.39, 0.29) is 11.9 Å². The van der Waals surface area contributed by atoms with Crippen LogP contribution in [0.4, 0.5) is 0 Å². The zero-order valence-electron chi connectivity index (χ0n) is 12.4. The van der Waals surface area contributed by atoms with Gasteiger partial charge in [0, 0.05) is 44.0 Å². The number of nitrogens with zero attached hydrogens (tertiary/aromatic N) is 2. The number of piperazine rings is 1. The number of hydrogen-bond donors (Lipinski definition) is 0. The van der Waals surface area contributed by atoms with E-state index in [2.05, 4.69) is 15.7 Å². The molecule has 2 heterocycles. The molecule has 1 saturated heterocycles. The summed E-state index contributed by atoms with van der Waals surface area (Å²) in [6, 6.07) is 4.09. The number of aryl methyl sites for hydroxylation is 1. The van der Waals surface area contributed by atoms with Gasteiger partial charge in [-0.2, -0.15) is 0 Å². The normalized spacial score (nSPS) is 16.0. The van der Waals surface area contributed by atoms with Gasteiger partial charge in [-0.3, -0.25) is 14.5 Å². The minimum atomic E-state index is -0.176. The first-order valence-electron chi connectivity index (χ1n) is 7.28. The van der Waals surface area contributed by atoms with E-state index in [4.69, 9.17) is 0 Å². The van der Waals surface area contributed by atoms with Crippen LogP contribution in [-0.4, -0.2) is 61.5 Å². The summed E-state index contributed by atoms with van der Waals surface area (Å²) in [4.78, 5) is 28.7. The molecule has 0 aliphatic carbocycles. The summed E-state index contributed by atoms with van der Waals surface area (Å²) >= 11 is 1.70. The molecule has 6 heteroatoms. The van der Waals surface area contributed by atoms with Crippen molar-refractivity contribution < 1.29 is 14.3 Å². The number of hydrogen-bond acceptors (Lipinski definition) is 5. The van der Waals surface area contributed by atoms with Crippen molar-refractivity contribution in [1.82, 2.24) is 9.80 Å². The van der Waals surface area contributed by atoms with Crippen molar-refractivity contribution >= 4 is 23.2 Å². The van der Waals surface area contributed by atoms with Gasteiger partial charge in [-0.15, -0.1) is 11.3 Å². The Morgan fingerprint density at radius 2 is 2.00 bits per heavy atom. The molecule has 1 fully saturated rings. The lowest BCUT2D eigenvalue weighted by molar-refractivity contribution is -0.141. The van der Waals surface area contributed by atoms with E-state index in [9.17, 15) is 9.59 Å². The zero-order chi connectivity index (χ0) is 15.1. The van der Waals surface area contributed by atoms with Crippen LogP contribution in [0.1, 0.15) is 17.7 Å². The van der Waals surface area contributed by atoms with E-state index in [1.165, 1.54) is 12.0 Å². The van der Waals surface area contributed by atoms with Gasteiger partial charge >= 0.3 is 5.97 Å². The molecule has 0 radical (unpaired) electrons. The van der Waals surface area contributed by atoms with Crippen molar-refractivity contribution in [2.45, 2.75) is 19.3 Å². The average Bonchev–Trinajstić information content (AvgIpc) is 3.04. The highest BCUT2D eigenvalue weighted by atomic mass is 32.1. The van der Waals surface area contributed by atoms with Gasteiger partial charge < -0.3 is 9.64 Å². The Balaban J connectivity index is 1.66. The number of amides is 1. The Kier molecular flexibility index (Phi) is 6.20. The molecular formula is C15H22N2O3S. The molecule has 0 unspecified atom stereocenters. The molecule has 1 aliphatic rings. The Hall–Kier alpha value is -1.40. The SMILES string of the molecule is COC(=O)CCN1CCN(C(=O)CCc2cccs2)CC1. The summed E-state index contributed by atoms with van der Waals surface area (Å²) in [6.45, 7) is 3.89. The highest BCUT2D eigenvalue weighted by Crippen LogP contribution is 2.12. The van der Waals surface area contributed by atoms with Gasteiger partial charge in [0.1, 0.15) is 0 Å². The second-order valence-corrected chi connectivity index (χ2v) is 6.16. The number of esters is 1. The summed E-state index contributed by atoms with van der Waals surface area (Å²) in [5, 5.41) is 2.04. The maximum atomic E-state index is 12.2. The molecule has 0 aromatic carbocycles. The molecule has 0 atom stereocenters. The minimum absolute atomic E-state index is 0.176. The van der Waals surface area contributed by atoms with E-state index in [0.717, 1.165) is 32.6 Å². The third-order valence-electron chi connectivity index (χ3n) is 3.75. The third-order valence-corrected chi connectivity index (χ3v) is 4.69. The minimum Gasteiger partial charge on any atom is -0.469 e. The Bertz CT molecular complexity index is 453. The van der Waals surface area contributed by atoms with Crippen molar-refractivity contribution in [3.05, 3.63) is 22.4 Å². The molecule has 1 amide bonds. The molecule has 2 rings (SSSR count). The summed E-state index contributed by atoms with van der Waals surface area (Å²) in [6.07, 6.45) is 1.84. The van der Waals surface area contributed by atoms with Crippen LogP contribution in [0.2, 0.25) is 0 Å². The number of thiophene rings is 1. The summed E-state index contributed by atoms with van der Waals surface area (Å²) in [7, 11) is 1.41. The highest BCUT2D eigenvalue weighted by Gasteiger charge is 2.21. The fourth-order valence-electron chi connectivity index (χ4n) is 2.42. The van der Waals surface area contributed by atoms with Crippen molar-refractivity contribution in [2.24, 2.45) is 0 Å². The van der Waals surface area contributed by atoms with Crippen LogP contribution >= 0.6 is 11.3 Å². The fraction of sp³-hybridized carbons (Fsp3) is 0.600. The Morgan fingerprint density at radius 3 is 2.62 bits per heavy atom. The van der Waals surface area contributed by atoms with E-state index in [1.54, 1.807) is 11.3 Å². The predicted octanol–water partition coefficient (Wildman–Crippen LogP) is 1.39. The lowest BCUT2D eigenvalue weighted by Crippen LogP contribution is -2.49. The van der Waals surface area contributed by atoms with E-state index >= 15 is 0 Å². The smallest absolute Gasteiger partial charge is 0.306 e. The molecule has 0 bridgehead atoms. The van der Waals surface area contributed by atoms with Crippen LogP contribution in [0, 0.1) is 0 Å². The summed E-state index contributed by atoms with van der Waals surface area (Å²) in [5.41, 5.74) is 0. The molecule has 21 heavy (non-hydrogen) atoms. The average molecular weight is 310 g/mol. The number of carbonyl (C=O) groups excluding carboxylic acids is 2. The monoisotopic (exact) mass is 310 g/mol. The predicted molar refractivity (Wildman–Crippen MR) is 82.3 cm³/mol. The van der Waals surface area contributed by atoms with E-state index in [1.807, 2.05) is 16.3 Å². The maximum Gasteiger partial charge on any atom is 0.306 e. The maximum absolute atomic E-state index is 12.2. The van der Waals surface area contributed by atoms with Gasteiger partial charge in [0.2, 0.25) is 5.91 Å². The first-order valence-corrected chi connectivity index (χ1v) is 8.16. The molecule has 0 N–H and O–H groups in total. The number of rotatable bonds is 6. The van der Waals surface area contributed by atoms with Gasteiger partial charge in [-0.1, -0.05) is 6.07 Å². The van der Waals surface area contributed by atoms with Crippen molar-refractivity contribution in [1.29, 1.82) is 0 Å². The number of carbonyl (C=O) groups is 2.